The van der Waals surface area contributed by atoms with Crippen molar-refractivity contribution in [2.75, 3.05) is 13.2 Å². The lowest BCUT2D eigenvalue weighted by Gasteiger charge is -2.22. The zero-order valence-corrected chi connectivity index (χ0v) is 42.1. The highest BCUT2D eigenvalue weighted by Crippen LogP contribution is 2.18. The van der Waals surface area contributed by atoms with E-state index in [1.807, 2.05) is 0 Å². The van der Waals surface area contributed by atoms with Crippen LogP contribution in [0, 0.1) is 0 Å². The summed E-state index contributed by atoms with van der Waals surface area (Å²) in [5, 5.41) is 23.3. The number of unbranched alkanes of at least 4 members (excludes halogenated alkanes) is 42. The van der Waals surface area contributed by atoms with Gasteiger partial charge in [-0.3, -0.25) is 9.59 Å². The van der Waals surface area contributed by atoms with Gasteiger partial charge in [-0.05, 0) is 25.7 Å². The van der Waals surface area contributed by atoms with Gasteiger partial charge in [0.05, 0.1) is 25.4 Å². The lowest BCUT2D eigenvalue weighted by molar-refractivity contribution is -0.143. The van der Waals surface area contributed by atoms with Crippen LogP contribution in [0.3, 0.4) is 0 Å². The molecule has 370 valence electrons. The quantitative estimate of drug-likeness (QED) is 0.0418. The number of ether oxygens (including phenoxy) is 1. The molecule has 0 bridgehead atoms. The molecule has 0 aliphatic rings. The fourth-order valence-corrected chi connectivity index (χ4v) is 9.05. The van der Waals surface area contributed by atoms with Crippen LogP contribution < -0.4 is 5.32 Å². The number of hydrogen-bond acceptors (Lipinski definition) is 5. The zero-order valence-electron chi connectivity index (χ0n) is 42.1. The van der Waals surface area contributed by atoms with Gasteiger partial charge in [-0.15, -0.1) is 0 Å². The third-order valence-electron chi connectivity index (χ3n) is 13.4. The van der Waals surface area contributed by atoms with E-state index in [1.165, 1.54) is 231 Å². The second-order valence-electron chi connectivity index (χ2n) is 19.6. The van der Waals surface area contributed by atoms with Crippen molar-refractivity contribution < 1.29 is 24.5 Å². The minimum Gasteiger partial charge on any atom is -0.466 e. The minimum atomic E-state index is -0.680. The molecule has 0 aromatic carbocycles. The molecule has 2 atom stereocenters. The first kappa shape index (κ1) is 60.9. The Morgan fingerprint density at radius 1 is 0.387 bits per heavy atom. The standard InChI is InChI=1S/C56H111NO5/c1-3-5-7-9-11-13-15-17-19-21-22-24-26-28-30-34-38-42-46-50-56(61)62-51-47-43-39-35-31-33-37-41-45-49-55(60)57-53(52-58)54(59)48-44-40-36-32-29-27-25-23-20-18-16-14-12-10-8-6-4-2/h53-54,58-59H,3-52H2,1-2H3,(H,57,60). The van der Waals surface area contributed by atoms with E-state index >= 15 is 0 Å². The maximum absolute atomic E-state index is 12.5. The summed E-state index contributed by atoms with van der Waals surface area (Å²) in [5.41, 5.74) is 0. The summed E-state index contributed by atoms with van der Waals surface area (Å²) in [5.74, 6) is -0.0776. The number of rotatable bonds is 53. The Kier molecular flexibility index (Phi) is 51.5. The highest BCUT2D eigenvalue weighted by atomic mass is 16.5. The number of amides is 1. The highest BCUT2D eigenvalue weighted by molar-refractivity contribution is 5.76. The fraction of sp³-hybridized carbons (Fsp3) is 0.964. The Hall–Kier alpha value is -1.14. The lowest BCUT2D eigenvalue weighted by Crippen LogP contribution is -2.45. The van der Waals surface area contributed by atoms with Crippen LogP contribution in [0.4, 0.5) is 0 Å². The van der Waals surface area contributed by atoms with Gasteiger partial charge in [0.2, 0.25) is 5.91 Å². The predicted molar refractivity (Wildman–Crippen MR) is 269 cm³/mol. The first-order valence-electron chi connectivity index (χ1n) is 28.3. The van der Waals surface area contributed by atoms with Crippen LogP contribution in [-0.2, 0) is 14.3 Å². The third-order valence-corrected chi connectivity index (χ3v) is 13.4. The van der Waals surface area contributed by atoms with Crippen molar-refractivity contribution in [3.05, 3.63) is 0 Å². The Balaban J connectivity index is 3.44. The van der Waals surface area contributed by atoms with E-state index in [0.29, 0.717) is 25.9 Å². The van der Waals surface area contributed by atoms with Crippen molar-refractivity contribution in [1.29, 1.82) is 0 Å². The van der Waals surface area contributed by atoms with Gasteiger partial charge in [-0.1, -0.05) is 284 Å². The summed E-state index contributed by atoms with van der Waals surface area (Å²) in [6, 6.07) is -0.560. The van der Waals surface area contributed by atoms with Crippen LogP contribution in [0.1, 0.15) is 322 Å². The van der Waals surface area contributed by atoms with Crippen LogP contribution in [0.15, 0.2) is 0 Å². The second-order valence-corrected chi connectivity index (χ2v) is 19.6. The van der Waals surface area contributed by atoms with Crippen molar-refractivity contribution in [1.82, 2.24) is 5.32 Å². The highest BCUT2D eigenvalue weighted by Gasteiger charge is 2.20. The van der Waals surface area contributed by atoms with Crippen molar-refractivity contribution >= 4 is 11.9 Å². The van der Waals surface area contributed by atoms with Gasteiger partial charge in [0.15, 0.2) is 0 Å². The first-order chi connectivity index (χ1) is 30.5. The summed E-state index contributed by atoms with van der Waals surface area (Å²) in [4.78, 5) is 24.6. The normalized spacial score (nSPS) is 12.5. The van der Waals surface area contributed by atoms with Crippen LogP contribution in [0.5, 0.6) is 0 Å². The van der Waals surface area contributed by atoms with Gasteiger partial charge in [0.1, 0.15) is 0 Å². The monoisotopic (exact) mass is 878 g/mol. The minimum absolute atomic E-state index is 0.0190. The van der Waals surface area contributed by atoms with Gasteiger partial charge in [0, 0.05) is 12.8 Å². The van der Waals surface area contributed by atoms with E-state index in [1.54, 1.807) is 0 Å². The molecule has 0 heterocycles. The number of hydrogen-bond donors (Lipinski definition) is 3. The summed E-state index contributed by atoms with van der Waals surface area (Å²) in [6.45, 7) is 4.92. The molecule has 1 amide bonds. The van der Waals surface area contributed by atoms with Gasteiger partial charge < -0.3 is 20.3 Å². The maximum atomic E-state index is 12.5. The lowest BCUT2D eigenvalue weighted by atomic mass is 10.0. The van der Waals surface area contributed by atoms with Crippen LogP contribution in [-0.4, -0.2) is 47.4 Å². The molecule has 0 saturated carbocycles. The molecule has 0 aromatic heterocycles. The van der Waals surface area contributed by atoms with Crippen molar-refractivity contribution in [3.63, 3.8) is 0 Å². The van der Waals surface area contributed by atoms with E-state index in [-0.39, 0.29) is 18.5 Å². The largest absolute Gasteiger partial charge is 0.466 e. The number of aliphatic hydroxyl groups is 2. The molecular formula is C56H111NO5. The van der Waals surface area contributed by atoms with Crippen molar-refractivity contribution in [2.45, 2.75) is 334 Å². The average molecular weight is 879 g/mol. The summed E-state index contributed by atoms with van der Waals surface area (Å²) < 4.78 is 5.47. The molecule has 6 nitrogen and oxygen atoms in total. The fourth-order valence-electron chi connectivity index (χ4n) is 9.05. The van der Waals surface area contributed by atoms with Gasteiger partial charge in [-0.25, -0.2) is 0 Å². The molecule has 62 heavy (non-hydrogen) atoms. The predicted octanol–water partition coefficient (Wildman–Crippen LogP) is 17.1. The Labute approximate surface area is 387 Å². The van der Waals surface area contributed by atoms with E-state index in [9.17, 15) is 19.8 Å². The summed E-state index contributed by atoms with van der Waals surface area (Å²) in [6.07, 6.45) is 59.4. The molecule has 0 aromatic rings. The van der Waals surface area contributed by atoms with E-state index < -0.39 is 12.1 Å². The number of nitrogens with one attached hydrogen (secondary N) is 1. The van der Waals surface area contributed by atoms with E-state index in [4.69, 9.17) is 4.74 Å². The number of carbonyl (C=O) groups excluding carboxylic acids is 2. The smallest absolute Gasteiger partial charge is 0.305 e. The Bertz CT molecular complexity index is 882. The first-order valence-corrected chi connectivity index (χ1v) is 28.3. The number of esters is 1. The molecule has 0 radical (unpaired) electrons. The molecule has 0 rings (SSSR count). The van der Waals surface area contributed by atoms with Crippen LogP contribution in [0.25, 0.3) is 0 Å². The third kappa shape index (κ3) is 48.3. The van der Waals surface area contributed by atoms with Crippen molar-refractivity contribution in [2.24, 2.45) is 0 Å². The number of aliphatic hydroxyl groups excluding tert-OH is 2. The Morgan fingerprint density at radius 2 is 0.661 bits per heavy atom. The van der Waals surface area contributed by atoms with Gasteiger partial charge in [-0.2, -0.15) is 0 Å². The molecule has 0 saturated heterocycles. The molecule has 0 fully saturated rings. The Morgan fingerprint density at radius 3 is 0.984 bits per heavy atom. The molecule has 0 aliphatic heterocycles. The van der Waals surface area contributed by atoms with Crippen LogP contribution >= 0.6 is 0 Å². The van der Waals surface area contributed by atoms with Gasteiger partial charge in [0.25, 0.3) is 0 Å². The maximum Gasteiger partial charge on any atom is 0.305 e. The van der Waals surface area contributed by atoms with E-state index in [2.05, 4.69) is 19.2 Å². The molecule has 2 unspecified atom stereocenters. The molecule has 6 heteroatoms. The molecule has 0 spiro atoms. The van der Waals surface area contributed by atoms with Crippen molar-refractivity contribution in [3.8, 4) is 0 Å². The molecule has 3 N–H and O–H groups in total. The number of carbonyl (C=O) groups is 2. The second kappa shape index (κ2) is 52.5. The SMILES string of the molecule is CCCCCCCCCCCCCCCCCCCCCC(=O)OCCCCCCCCCCCC(=O)NC(CO)C(O)CCCCCCCCCCCCCCCCCCC. The average Bonchev–Trinajstić information content (AvgIpc) is 3.27. The van der Waals surface area contributed by atoms with Crippen LogP contribution in [0.2, 0.25) is 0 Å². The molecule has 0 aliphatic carbocycles. The zero-order chi connectivity index (χ0) is 45.1. The summed E-state index contributed by atoms with van der Waals surface area (Å²) >= 11 is 0. The van der Waals surface area contributed by atoms with Gasteiger partial charge >= 0.3 is 5.97 Å². The summed E-state index contributed by atoms with van der Waals surface area (Å²) in [7, 11) is 0. The molecular weight excluding hydrogens is 767 g/mol. The topological polar surface area (TPSA) is 95.9 Å². The van der Waals surface area contributed by atoms with E-state index in [0.717, 1.165) is 57.8 Å².